The van der Waals surface area contributed by atoms with Gasteiger partial charge < -0.3 is 0 Å². The topological polar surface area (TPSA) is 44.7 Å². The molecule has 1 N–H and O–H groups in total. The van der Waals surface area contributed by atoms with Crippen LogP contribution in [-0.4, -0.2) is 40.7 Å². The van der Waals surface area contributed by atoms with E-state index < -0.39 is 0 Å². The minimum atomic E-state index is 0.0521. The molecular weight excluding hydrogens is 282 g/mol. The molecule has 3 aliphatic heterocycles. The van der Waals surface area contributed by atoms with Crippen LogP contribution in [0.25, 0.3) is 0 Å². The molecule has 0 bridgehead atoms. The molecule has 1 spiro atoms. The van der Waals surface area contributed by atoms with Crippen LogP contribution in [-0.2, 0) is 4.79 Å². The molecule has 4 aliphatic rings. The highest BCUT2D eigenvalue weighted by Crippen LogP contribution is 2.57. The molecule has 0 aromatic rings. The van der Waals surface area contributed by atoms with E-state index in [0.29, 0.717) is 5.92 Å². The van der Waals surface area contributed by atoms with Crippen molar-refractivity contribution < 1.29 is 4.79 Å². The highest BCUT2D eigenvalue weighted by molar-refractivity contribution is 8.01. The smallest absolute Gasteiger partial charge is 0.238 e. The van der Waals surface area contributed by atoms with E-state index in [2.05, 4.69) is 33.7 Å². The lowest BCUT2D eigenvalue weighted by molar-refractivity contribution is -0.130. The SMILES string of the molecule is O=C(NN1CCCC1)C1CSC23CC=CC=C2N=CCC13. The first-order valence-corrected chi connectivity index (χ1v) is 8.87. The molecular formula is C16H21N3OS. The fourth-order valence-corrected chi connectivity index (χ4v) is 5.82. The third-order valence-electron chi connectivity index (χ3n) is 5.15. The van der Waals surface area contributed by atoms with Gasteiger partial charge in [0.05, 0.1) is 16.4 Å². The number of hydrogen-bond acceptors (Lipinski definition) is 4. The van der Waals surface area contributed by atoms with Gasteiger partial charge in [0.15, 0.2) is 0 Å². The number of rotatable bonds is 2. The van der Waals surface area contributed by atoms with E-state index in [1.165, 1.54) is 18.5 Å². The van der Waals surface area contributed by atoms with Gasteiger partial charge in [-0.3, -0.25) is 15.2 Å². The van der Waals surface area contributed by atoms with Crippen LogP contribution in [0.15, 0.2) is 28.9 Å². The van der Waals surface area contributed by atoms with E-state index in [1.807, 2.05) is 18.0 Å². The van der Waals surface area contributed by atoms with Crippen LogP contribution >= 0.6 is 11.8 Å². The van der Waals surface area contributed by atoms with Crippen LogP contribution in [0.1, 0.15) is 25.7 Å². The second-order valence-electron chi connectivity index (χ2n) is 6.32. The van der Waals surface area contributed by atoms with E-state index in [-0.39, 0.29) is 16.6 Å². The maximum absolute atomic E-state index is 12.7. The van der Waals surface area contributed by atoms with Crippen LogP contribution in [0.5, 0.6) is 0 Å². The Morgan fingerprint density at radius 2 is 2.29 bits per heavy atom. The van der Waals surface area contributed by atoms with E-state index in [4.69, 9.17) is 0 Å². The average Bonchev–Trinajstić information content (AvgIpc) is 3.13. The Morgan fingerprint density at radius 3 is 3.14 bits per heavy atom. The van der Waals surface area contributed by atoms with Gasteiger partial charge in [0.2, 0.25) is 5.91 Å². The summed E-state index contributed by atoms with van der Waals surface area (Å²) < 4.78 is 0.0521. The van der Waals surface area contributed by atoms with Gasteiger partial charge in [0.25, 0.3) is 0 Å². The van der Waals surface area contributed by atoms with E-state index >= 15 is 0 Å². The zero-order valence-corrected chi connectivity index (χ0v) is 12.9. The van der Waals surface area contributed by atoms with Gasteiger partial charge in [-0.1, -0.05) is 12.2 Å². The monoisotopic (exact) mass is 303 g/mol. The first-order chi connectivity index (χ1) is 10.3. The number of hydrazine groups is 1. The molecule has 0 aromatic heterocycles. The molecule has 2 saturated heterocycles. The number of aliphatic imine (C=N–C) groups is 1. The highest BCUT2D eigenvalue weighted by atomic mass is 32.2. The van der Waals surface area contributed by atoms with Crippen molar-refractivity contribution in [2.75, 3.05) is 18.8 Å². The predicted octanol–water partition coefficient (Wildman–Crippen LogP) is 2.15. The van der Waals surface area contributed by atoms with Crippen molar-refractivity contribution in [2.45, 2.75) is 30.4 Å². The fourth-order valence-electron chi connectivity index (χ4n) is 4.01. The molecule has 2 fully saturated rings. The van der Waals surface area contributed by atoms with Crippen molar-refractivity contribution in [2.24, 2.45) is 16.8 Å². The van der Waals surface area contributed by atoms with Crippen molar-refractivity contribution >= 4 is 23.9 Å². The third-order valence-corrected chi connectivity index (χ3v) is 6.87. The second-order valence-corrected chi connectivity index (χ2v) is 7.67. The van der Waals surface area contributed by atoms with Crippen molar-refractivity contribution in [3.05, 3.63) is 23.9 Å². The fraction of sp³-hybridized carbons (Fsp3) is 0.625. The summed E-state index contributed by atoms with van der Waals surface area (Å²) in [6, 6.07) is 0. The second kappa shape index (κ2) is 5.29. The zero-order chi connectivity index (χ0) is 14.3. The van der Waals surface area contributed by atoms with Crippen molar-refractivity contribution in [3.63, 3.8) is 0 Å². The molecule has 3 unspecified atom stereocenters. The highest BCUT2D eigenvalue weighted by Gasteiger charge is 2.54. The largest absolute Gasteiger partial charge is 0.289 e. The quantitative estimate of drug-likeness (QED) is 0.850. The van der Waals surface area contributed by atoms with Crippen molar-refractivity contribution in [1.82, 2.24) is 10.4 Å². The van der Waals surface area contributed by atoms with Gasteiger partial charge in [-0.15, -0.1) is 11.8 Å². The number of allylic oxidation sites excluding steroid dienone is 3. The van der Waals surface area contributed by atoms with E-state index in [0.717, 1.165) is 31.7 Å². The van der Waals surface area contributed by atoms with Gasteiger partial charge >= 0.3 is 0 Å². The van der Waals surface area contributed by atoms with E-state index in [9.17, 15) is 4.79 Å². The lowest BCUT2D eigenvalue weighted by atomic mass is 9.74. The Bertz CT molecular complexity index is 536. The van der Waals surface area contributed by atoms with Crippen molar-refractivity contribution in [1.29, 1.82) is 0 Å². The molecule has 4 rings (SSSR count). The normalized spacial score (nSPS) is 38.0. The number of thioether (sulfide) groups is 1. The first-order valence-electron chi connectivity index (χ1n) is 7.89. The molecule has 21 heavy (non-hydrogen) atoms. The Balaban J connectivity index is 1.53. The molecule has 4 nitrogen and oxygen atoms in total. The van der Waals surface area contributed by atoms with Gasteiger partial charge in [-0.2, -0.15) is 0 Å². The third kappa shape index (κ3) is 2.18. The minimum absolute atomic E-state index is 0.0521. The summed E-state index contributed by atoms with van der Waals surface area (Å²) in [5.74, 6) is 1.63. The lowest BCUT2D eigenvalue weighted by Crippen LogP contribution is -2.47. The van der Waals surface area contributed by atoms with Gasteiger partial charge in [0, 0.05) is 25.1 Å². The summed E-state index contributed by atoms with van der Waals surface area (Å²) in [4.78, 5) is 17.3. The summed E-state index contributed by atoms with van der Waals surface area (Å²) in [6.07, 6.45) is 12.8. The number of nitrogens with one attached hydrogen (secondary N) is 1. The lowest BCUT2D eigenvalue weighted by Gasteiger charge is -2.39. The molecule has 0 radical (unpaired) electrons. The Hall–Kier alpha value is -1.07. The van der Waals surface area contributed by atoms with Crippen LogP contribution in [0.3, 0.4) is 0 Å². The number of carbonyl (C=O) groups excluding carboxylic acids is 1. The van der Waals surface area contributed by atoms with Gasteiger partial charge in [-0.05, 0) is 37.7 Å². The summed E-state index contributed by atoms with van der Waals surface area (Å²) in [5.41, 5.74) is 4.31. The van der Waals surface area contributed by atoms with Crippen LogP contribution in [0.4, 0.5) is 0 Å². The number of carbonyl (C=O) groups is 1. The summed E-state index contributed by atoms with van der Waals surface area (Å²) in [5, 5.41) is 2.09. The van der Waals surface area contributed by atoms with Crippen molar-refractivity contribution in [3.8, 4) is 0 Å². The molecule has 0 saturated carbocycles. The zero-order valence-electron chi connectivity index (χ0n) is 12.1. The molecule has 1 aliphatic carbocycles. The molecule has 3 atom stereocenters. The van der Waals surface area contributed by atoms with Gasteiger partial charge in [0.1, 0.15) is 0 Å². The Labute approximate surface area is 129 Å². The standard InChI is InChI=1S/C16H21N3OS/c20-15(18-19-9-3-4-10-19)12-11-21-16-7-2-1-5-14(16)17-8-6-13(12)16/h1-2,5,8,12-13H,3-4,6-7,9-11H2,(H,18,20). The molecule has 3 heterocycles. The number of amides is 1. The average molecular weight is 303 g/mol. The number of hydrogen-bond donors (Lipinski definition) is 1. The molecule has 5 heteroatoms. The molecule has 1 amide bonds. The summed E-state index contributed by atoms with van der Waals surface area (Å²) in [7, 11) is 0. The van der Waals surface area contributed by atoms with Crippen LogP contribution < -0.4 is 5.43 Å². The Kier molecular flexibility index (Phi) is 3.42. The van der Waals surface area contributed by atoms with Gasteiger partial charge in [-0.25, -0.2) is 5.01 Å². The maximum atomic E-state index is 12.7. The molecule has 112 valence electrons. The maximum Gasteiger partial charge on any atom is 0.238 e. The molecule has 0 aromatic carbocycles. The minimum Gasteiger partial charge on any atom is -0.289 e. The first kappa shape index (κ1) is 13.6. The summed E-state index contributed by atoms with van der Waals surface area (Å²) >= 11 is 1.94. The van der Waals surface area contributed by atoms with E-state index in [1.54, 1.807) is 0 Å². The van der Waals surface area contributed by atoms with Crippen LogP contribution in [0, 0.1) is 11.8 Å². The predicted molar refractivity (Wildman–Crippen MR) is 86.1 cm³/mol. The Morgan fingerprint density at radius 1 is 1.43 bits per heavy atom. The van der Waals surface area contributed by atoms with Crippen LogP contribution in [0.2, 0.25) is 0 Å². The summed E-state index contributed by atoms with van der Waals surface area (Å²) in [6.45, 7) is 1.99. The number of nitrogens with zero attached hydrogens (tertiary/aromatic N) is 2.